The van der Waals surface area contributed by atoms with Crippen LogP contribution in [0.4, 0.5) is 0 Å². The molecule has 0 saturated heterocycles. The summed E-state index contributed by atoms with van der Waals surface area (Å²) in [5.41, 5.74) is 1.80. The third-order valence-corrected chi connectivity index (χ3v) is 5.01. The van der Waals surface area contributed by atoms with Gasteiger partial charge in [0.2, 0.25) is 0 Å². The summed E-state index contributed by atoms with van der Waals surface area (Å²) in [5.74, 6) is 4.06. The molecule has 0 fully saturated rings. The van der Waals surface area contributed by atoms with Gasteiger partial charge in [0.15, 0.2) is 0 Å². The Kier molecular flexibility index (Phi) is 5.61. The molecule has 4 nitrogen and oxygen atoms in total. The molecule has 1 aliphatic heterocycles. The summed E-state index contributed by atoms with van der Waals surface area (Å²) in [7, 11) is 3.21. The van der Waals surface area contributed by atoms with Crippen LogP contribution in [0.2, 0.25) is 10.0 Å². The van der Waals surface area contributed by atoms with Gasteiger partial charge in [-0.3, -0.25) is 4.99 Å². The first-order valence-corrected chi connectivity index (χ1v) is 8.74. The van der Waals surface area contributed by atoms with Gasteiger partial charge in [0.05, 0.1) is 33.1 Å². The molecule has 0 unspecified atom stereocenters. The van der Waals surface area contributed by atoms with Crippen molar-refractivity contribution in [2.75, 3.05) is 20.8 Å². The van der Waals surface area contributed by atoms with E-state index >= 15 is 0 Å². The number of hydrogen-bond donors (Lipinski definition) is 0. The van der Waals surface area contributed by atoms with E-state index in [2.05, 4.69) is 10.9 Å². The summed E-state index contributed by atoms with van der Waals surface area (Å²) in [6.07, 6.45) is 7.30. The quantitative estimate of drug-likeness (QED) is 0.691. The summed E-state index contributed by atoms with van der Waals surface area (Å²) in [6, 6.07) is 10.8. The maximum absolute atomic E-state index is 6.53. The lowest BCUT2D eigenvalue weighted by atomic mass is 9.93. The first kappa shape index (κ1) is 18.4. The van der Waals surface area contributed by atoms with Gasteiger partial charge in [-0.25, -0.2) is 0 Å². The highest BCUT2D eigenvalue weighted by Crippen LogP contribution is 2.45. The van der Waals surface area contributed by atoms with E-state index in [9.17, 15) is 0 Å². The van der Waals surface area contributed by atoms with Crippen LogP contribution in [-0.4, -0.2) is 32.0 Å². The van der Waals surface area contributed by atoms with Crippen molar-refractivity contribution in [3.63, 3.8) is 0 Å². The summed E-state index contributed by atoms with van der Waals surface area (Å²) < 4.78 is 10.5. The minimum atomic E-state index is -0.229. The molecule has 3 rings (SSSR count). The van der Waals surface area contributed by atoms with Gasteiger partial charge in [0.1, 0.15) is 17.5 Å². The molecule has 0 amide bonds. The predicted molar refractivity (Wildman–Crippen MR) is 106 cm³/mol. The molecule has 6 heteroatoms. The normalized spacial score (nSPS) is 18.7. The molecular weight excluding hydrogens is 371 g/mol. The molecule has 1 heterocycles. The molecule has 0 radical (unpaired) electrons. The standard InChI is InChI=1S/C20H18Cl2N2O2/c1-4-9-24-12-23-19(15-7-5-13(25-2)10-17(15)21)20(24)16-8-6-14(26-3)11-18(16)22/h1,5-8,10-12,19-20H,9H2,2-3H3/t19-,20+/m0/s1. The molecule has 0 N–H and O–H groups in total. The number of ether oxygens (including phenoxy) is 2. The SMILES string of the molecule is C#CCN1C=N[C@@H](c2ccc(OC)cc2Cl)[C@H]1c1ccc(OC)cc1Cl. The van der Waals surface area contributed by atoms with Crippen molar-refractivity contribution >= 4 is 29.5 Å². The molecule has 26 heavy (non-hydrogen) atoms. The highest BCUT2D eigenvalue weighted by molar-refractivity contribution is 6.32. The van der Waals surface area contributed by atoms with E-state index in [0.717, 1.165) is 11.1 Å². The second kappa shape index (κ2) is 7.90. The van der Waals surface area contributed by atoms with E-state index < -0.39 is 0 Å². The monoisotopic (exact) mass is 388 g/mol. The van der Waals surface area contributed by atoms with Crippen LogP contribution < -0.4 is 9.47 Å². The average Bonchev–Trinajstić information content (AvgIpc) is 3.05. The molecule has 0 saturated carbocycles. The summed E-state index contributed by atoms with van der Waals surface area (Å²) >= 11 is 13.0. The van der Waals surface area contributed by atoms with Crippen LogP contribution >= 0.6 is 23.2 Å². The first-order valence-electron chi connectivity index (χ1n) is 7.98. The number of halogens is 2. The smallest absolute Gasteiger partial charge is 0.120 e. The zero-order valence-corrected chi connectivity index (χ0v) is 16.0. The minimum Gasteiger partial charge on any atom is -0.497 e. The Bertz CT molecular complexity index is 877. The summed E-state index contributed by atoms with van der Waals surface area (Å²) in [5, 5.41) is 1.18. The number of aliphatic imine (C=N–C) groups is 1. The molecule has 0 spiro atoms. The maximum atomic E-state index is 6.53. The Balaban J connectivity index is 2.05. The first-order chi connectivity index (χ1) is 12.6. The van der Waals surface area contributed by atoms with Crippen molar-refractivity contribution in [3.05, 3.63) is 57.6 Å². The molecule has 2 aromatic rings. The lowest BCUT2D eigenvalue weighted by Crippen LogP contribution is -2.26. The van der Waals surface area contributed by atoms with Gasteiger partial charge in [-0.2, -0.15) is 0 Å². The molecule has 0 aliphatic carbocycles. The third-order valence-electron chi connectivity index (χ3n) is 4.36. The van der Waals surface area contributed by atoms with E-state index in [1.807, 2.05) is 29.2 Å². The minimum absolute atomic E-state index is 0.157. The van der Waals surface area contributed by atoms with Gasteiger partial charge in [-0.15, -0.1) is 6.42 Å². The van der Waals surface area contributed by atoms with Crippen molar-refractivity contribution in [2.45, 2.75) is 12.1 Å². The topological polar surface area (TPSA) is 34.1 Å². The number of rotatable bonds is 5. The fourth-order valence-electron chi connectivity index (χ4n) is 3.09. The van der Waals surface area contributed by atoms with Gasteiger partial charge in [-0.05, 0) is 35.4 Å². The molecule has 2 atom stereocenters. The van der Waals surface area contributed by atoms with Gasteiger partial charge < -0.3 is 14.4 Å². The van der Waals surface area contributed by atoms with Crippen molar-refractivity contribution in [1.29, 1.82) is 0 Å². The van der Waals surface area contributed by atoms with E-state index in [0.29, 0.717) is 28.1 Å². The molecule has 134 valence electrons. The van der Waals surface area contributed by atoms with Crippen LogP contribution in [-0.2, 0) is 0 Å². The Hall–Kier alpha value is -2.35. The largest absolute Gasteiger partial charge is 0.497 e. The number of methoxy groups -OCH3 is 2. The van der Waals surface area contributed by atoms with Crippen LogP contribution in [0.15, 0.2) is 41.4 Å². The number of nitrogens with zero attached hydrogens (tertiary/aromatic N) is 2. The number of benzene rings is 2. The van der Waals surface area contributed by atoms with Gasteiger partial charge in [0, 0.05) is 10.0 Å². The second-order valence-electron chi connectivity index (χ2n) is 5.81. The highest BCUT2D eigenvalue weighted by atomic mass is 35.5. The summed E-state index contributed by atoms with van der Waals surface area (Å²) in [4.78, 5) is 6.64. The van der Waals surface area contributed by atoms with E-state index in [4.69, 9.17) is 39.1 Å². The zero-order valence-electron chi connectivity index (χ0n) is 14.4. The van der Waals surface area contributed by atoms with Crippen LogP contribution in [0.1, 0.15) is 23.2 Å². The Morgan fingerprint density at radius 1 is 1.04 bits per heavy atom. The van der Waals surface area contributed by atoms with Crippen LogP contribution in [0, 0.1) is 12.3 Å². The fourth-order valence-corrected chi connectivity index (χ4v) is 3.65. The molecule has 2 aromatic carbocycles. The molecule has 0 aromatic heterocycles. The van der Waals surface area contributed by atoms with Crippen molar-refractivity contribution in [2.24, 2.45) is 4.99 Å². The zero-order chi connectivity index (χ0) is 18.7. The van der Waals surface area contributed by atoms with E-state index in [1.165, 1.54) is 0 Å². The van der Waals surface area contributed by atoms with Crippen molar-refractivity contribution in [1.82, 2.24) is 4.90 Å². The Morgan fingerprint density at radius 3 is 2.12 bits per heavy atom. The predicted octanol–water partition coefficient (Wildman–Crippen LogP) is 4.77. The summed E-state index contributed by atoms with van der Waals surface area (Å²) in [6.45, 7) is 0.417. The fraction of sp³-hybridized carbons (Fsp3) is 0.250. The van der Waals surface area contributed by atoms with Crippen molar-refractivity contribution < 1.29 is 9.47 Å². The van der Waals surface area contributed by atoms with Gasteiger partial charge in [-0.1, -0.05) is 41.3 Å². The van der Waals surface area contributed by atoms with Crippen LogP contribution in [0.5, 0.6) is 11.5 Å². The molecule has 1 aliphatic rings. The Morgan fingerprint density at radius 2 is 1.62 bits per heavy atom. The van der Waals surface area contributed by atoms with Crippen LogP contribution in [0.3, 0.4) is 0 Å². The molecular formula is C20H18Cl2N2O2. The highest BCUT2D eigenvalue weighted by Gasteiger charge is 2.35. The lowest BCUT2D eigenvalue weighted by molar-refractivity contribution is 0.346. The molecule has 0 bridgehead atoms. The van der Waals surface area contributed by atoms with Crippen molar-refractivity contribution in [3.8, 4) is 23.8 Å². The maximum Gasteiger partial charge on any atom is 0.120 e. The Labute approximate surface area is 163 Å². The van der Waals surface area contributed by atoms with E-state index in [-0.39, 0.29) is 12.1 Å². The third kappa shape index (κ3) is 3.46. The lowest BCUT2D eigenvalue weighted by Gasteiger charge is -2.28. The van der Waals surface area contributed by atoms with Gasteiger partial charge in [0.25, 0.3) is 0 Å². The average molecular weight is 389 g/mol. The van der Waals surface area contributed by atoms with Gasteiger partial charge >= 0.3 is 0 Å². The second-order valence-corrected chi connectivity index (χ2v) is 6.62. The number of hydrogen-bond acceptors (Lipinski definition) is 4. The number of terminal acetylenes is 1. The van der Waals surface area contributed by atoms with Crippen LogP contribution in [0.25, 0.3) is 0 Å². The van der Waals surface area contributed by atoms with E-state index in [1.54, 1.807) is 32.7 Å².